The van der Waals surface area contributed by atoms with E-state index < -0.39 is 0 Å². The van der Waals surface area contributed by atoms with E-state index in [0.29, 0.717) is 16.9 Å². The molecule has 4 nitrogen and oxygen atoms in total. The maximum atomic E-state index is 5.28. The Morgan fingerprint density at radius 2 is 1.81 bits per heavy atom. The molecule has 0 aliphatic heterocycles. The number of hydrogen-bond acceptors (Lipinski definition) is 3. The lowest BCUT2D eigenvalue weighted by Gasteiger charge is -2.26. The molecule has 1 fully saturated rings. The lowest BCUT2D eigenvalue weighted by molar-refractivity contribution is 0.415. The number of hydrogen-bond donors (Lipinski definition) is 2. The third-order valence-electron chi connectivity index (χ3n) is 3.92. The number of nitrogens with zero attached hydrogens (tertiary/aromatic N) is 1. The number of thiocarbonyl (C=S) groups is 1. The number of ether oxygens (including phenoxy) is 1. The van der Waals surface area contributed by atoms with Crippen molar-refractivity contribution in [1.82, 2.24) is 5.43 Å². The summed E-state index contributed by atoms with van der Waals surface area (Å²) < 4.78 is 5.13. The fourth-order valence-corrected chi connectivity index (χ4v) is 2.84. The predicted molar refractivity (Wildman–Crippen MR) is 92.0 cm³/mol. The van der Waals surface area contributed by atoms with Gasteiger partial charge >= 0.3 is 0 Å². The quantitative estimate of drug-likeness (QED) is 0.659. The largest absolute Gasteiger partial charge is 0.497 e. The Balaban J connectivity index is 1.91. The topological polar surface area (TPSA) is 45.6 Å². The number of nitrogens with one attached hydrogen (secondary N) is 2. The van der Waals surface area contributed by atoms with Crippen molar-refractivity contribution in [1.29, 1.82) is 0 Å². The van der Waals surface area contributed by atoms with E-state index in [2.05, 4.69) is 29.7 Å². The Morgan fingerprint density at radius 1 is 1.19 bits per heavy atom. The van der Waals surface area contributed by atoms with Crippen LogP contribution in [0.25, 0.3) is 0 Å². The Hall–Kier alpha value is -1.62. The number of anilines is 1. The van der Waals surface area contributed by atoms with Crippen molar-refractivity contribution in [3.63, 3.8) is 0 Å². The van der Waals surface area contributed by atoms with Gasteiger partial charge in [-0.1, -0.05) is 20.3 Å². The standard InChI is InChI=1S/C16H23N3OS/c1-11-5-4-6-12(2)15(11)18-19-16(21)17-13-7-9-14(20-3)10-8-13/h7-12H,4-6H2,1-3H3,(H2,17,19,21)/t11-,12+. The molecular weight excluding hydrogens is 282 g/mol. The molecule has 5 heteroatoms. The molecule has 1 aliphatic carbocycles. The van der Waals surface area contributed by atoms with Gasteiger partial charge in [0.25, 0.3) is 0 Å². The first kappa shape index (κ1) is 15.8. The van der Waals surface area contributed by atoms with Crippen molar-refractivity contribution in [2.24, 2.45) is 16.9 Å². The molecule has 0 amide bonds. The van der Waals surface area contributed by atoms with Gasteiger partial charge in [-0.15, -0.1) is 0 Å². The van der Waals surface area contributed by atoms with Gasteiger partial charge in [0.05, 0.1) is 7.11 Å². The van der Waals surface area contributed by atoms with E-state index in [9.17, 15) is 0 Å². The van der Waals surface area contributed by atoms with Crippen LogP contribution in [0, 0.1) is 11.8 Å². The van der Waals surface area contributed by atoms with Crippen LogP contribution in [0.5, 0.6) is 5.75 Å². The molecule has 2 N–H and O–H groups in total. The number of benzene rings is 1. The maximum Gasteiger partial charge on any atom is 0.191 e. The van der Waals surface area contributed by atoms with E-state index in [4.69, 9.17) is 17.0 Å². The summed E-state index contributed by atoms with van der Waals surface area (Å²) in [5, 5.41) is 8.15. The van der Waals surface area contributed by atoms with Crippen molar-refractivity contribution >= 4 is 28.7 Å². The van der Waals surface area contributed by atoms with Crippen LogP contribution in [0.1, 0.15) is 33.1 Å². The van der Waals surface area contributed by atoms with Gasteiger partial charge in [-0.25, -0.2) is 0 Å². The lowest BCUT2D eigenvalue weighted by Crippen LogP contribution is -2.31. The normalized spacial score (nSPS) is 23.7. The van der Waals surface area contributed by atoms with E-state index in [1.807, 2.05) is 24.3 Å². The first-order valence-electron chi connectivity index (χ1n) is 7.38. The smallest absolute Gasteiger partial charge is 0.191 e. The monoisotopic (exact) mass is 305 g/mol. The predicted octanol–water partition coefficient (Wildman–Crippen LogP) is 3.79. The zero-order valence-electron chi connectivity index (χ0n) is 12.8. The minimum Gasteiger partial charge on any atom is -0.497 e. The van der Waals surface area contributed by atoms with E-state index >= 15 is 0 Å². The first-order valence-corrected chi connectivity index (χ1v) is 7.79. The molecule has 0 spiro atoms. The van der Waals surface area contributed by atoms with Crippen molar-refractivity contribution < 1.29 is 4.74 Å². The summed E-state index contributed by atoms with van der Waals surface area (Å²) in [6.07, 6.45) is 3.71. The molecule has 2 atom stereocenters. The number of methoxy groups -OCH3 is 1. The van der Waals surface area contributed by atoms with E-state index in [1.165, 1.54) is 25.0 Å². The molecule has 0 unspecified atom stereocenters. The summed E-state index contributed by atoms with van der Waals surface area (Å²) in [6, 6.07) is 7.63. The van der Waals surface area contributed by atoms with Crippen molar-refractivity contribution in [3.05, 3.63) is 24.3 Å². The van der Waals surface area contributed by atoms with Crippen molar-refractivity contribution in [3.8, 4) is 5.75 Å². The van der Waals surface area contributed by atoms with Gasteiger partial charge in [0, 0.05) is 11.4 Å². The van der Waals surface area contributed by atoms with E-state index in [1.54, 1.807) is 7.11 Å². The minimum atomic E-state index is 0.512. The van der Waals surface area contributed by atoms with E-state index in [-0.39, 0.29) is 0 Å². The first-order chi connectivity index (χ1) is 10.1. The molecule has 0 saturated heterocycles. The molecule has 1 saturated carbocycles. The molecule has 114 valence electrons. The second-order valence-corrected chi connectivity index (χ2v) is 5.97. The maximum absolute atomic E-state index is 5.28. The van der Waals surface area contributed by atoms with Crippen LogP contribution in [0.4, 0.5) is 5.69 Å². The molecule has 0 radical (unpaired) electrons. The van der Waals surface area contributed by atoms with Crippen LogP contribution >= 0.6 is 12.2 Å². The Kier molecular flexibility index (Phi) is 5.56. The zero-order chi connectivity index (χ0) is 15.2. The highest BCUT2D eigenvalue weighted by atomic mass is 32.1. The molecule has 1 aromatic rings. The second kappa shape index (κ2) is 7.41. The van der Waals surface area contributed by atoms with Crippen LogP contribution in [0.15, 0.2) is 29.4 Å². The van der Waals surface area contributed by atoms with Gasteiger partial charge in [0.2, 0.25) is 0 Å². The molecule has 1 aromatic carbocycles. The van der Waals surface area contributed by atoms with Crippen LogP contribution in [-0.2, 0) is 0 Å². The van der Waals surface area contributed by atoms with Gasteiger partial charge in [-0.05, 0) is 61.2 Å². The molecule has 21 heavy (non-hydrogen) atoms. The van der Waals surface area contributed by atoms with Gasteiger partial charge < -0.3 is 10.1 Å². The average Bonchev–Trinajstić information content (AvgIpc) is 2.47. The summed E-state index contributed by atoms with van der Waals surface area (Å²) in [5.41, 5.74) is 5.10. The van der Waals surface area contributed by atoms with Gasteiger partial charge in [0.15, 0.2) is 5.11 Å². The lowest BCUT2D eigenvalue weighted by atomic mass is 9.81. The van der Waals surface area contributed by atoms with E-state index in [0.717, 1.165) is 11.4 Å². The summed E-state index contributed by atoms with van der Waals surface area (Å²) in [7, 11) is 1.65. The molecule has 1 aliphatic rings. The molecule has 0 bridgehead atoms. The van der Waals surface area contributed by atoms with Gasteiger partial charge in [0.1, 0.15) is 5.75 Å². The Labute approximate surface area is 132 Å². The number of rotatable bonds is 3. The third-order valence-corrected chi connectivity index (χ3v) is 4.11. The van der Waals surface area contributed by atoms with Crippen LogP contribution in [0.2, 0.25) is 0 Å². The van der Waals surface area contributed by atoms with Gasteiger partial charge in [-0.2, -0.15) is 5.10 Å². The average molecular weight is 305 g/mol. The highest BCUT2D eigenvalue weighted by Gasteiger charge is 2.22. The van der Waals surface area contributed by atoms with Gasteiger partial charge in [-0.3, -0.25) is 5.43 Å². The Bertz CT molecular complexity index is 501. The molecule has 2 rings (SSSR count). The zero-order valence-corrected chi connectivity index (χ0v) is 13.7. The number of hydrazone groups is 1. The summed E-state index contributed by atoms with van der Waals surface area (Å²) in [4.78, 5) is 0. The summed E-state index contributed by atoms with van der Waals surface area (Å²) in [5.74, 6) is 1.89. The molecule has 0 heterocycles. The fourth-order valence-electron chi connectivity index (χ4n) is 2.68. The highest BCUT2D eigenvalue weighted by molar-refractivity contribution is 7.80. The summed E-state index contributed by atoms with van der Waals surface area (Å²) >= 11 is 5.28. The third kappa shape index (κ3) is 4.43. The highest BCUT2D eigenvalue weighted by Crippen LogP contribution is 2.25. The second-order valence-electron chi connectivity index (χ2n) is 5.56. The fraction of sp³-hybridized carbons (Fsp3) is 0.500. The Morgan fingerprint density at radius 3 is 2.38 bits per heavy atom. The molecule has 0 aromatic heterocycles. The SMILES string of the molecule is COc1ccc(NC(=S)NN=C2[C@H](C)CCC[C@@H]2C)cc1. The van der Waals surface area contributed by atoms with Crippen LogP contribution in [-0.4, -0.2) is 17.9 Å². The minimum absolute atomic E-state index is 0.512. The van der Waals surface area contributed by atoms with Crippen molar-refractivity contribution in [2.45, 2.75) is 33.1 Å². The van der Waals surface area contributed by atoms with Crippen molar-refractivity contribution in [2.75, 3.05) is 12.4 Å². The summed E-state index contributed by atoms with van der Waals surface area (Å²) in [6.45, 7) is 4.46. The van der Waals surface area contributed by atoms with Crippen LogP contribution < -0.4 is 15.5 Å². The van der Waals surface area contributed by atoms with Crippen LogP contribution in [0.3, 0.4) is 0 Å². The molecular formula is C16H23N3OS.